The number of aromatic nitrogens is 2. The van der Waals surface area contributed by atoms with Crippen molar-refractivity contribution in [2.75, 3.05) is 0 Å². The molecule has 5 heteroatoms. The van der Waals surface area contributed by atoms with Crippen LogP contribution in [0.3, 0.4) is 0 Å². The summed E-state index contributed by atoms with van der Waals surface area (Å²) in [6, 6.07) is 7.65. The van der Waals surface area contributed by atoms with E-state index >= 15 is 0 Å². The molecule has 102 valence electrons. The molecule has 0 aliphatic rings. The lowest BCUT2D eigenvalue weighted by Crippen LogP contribution is -2.02. The molecule has 0 unspecified atom stereocenters. The van der Waals surface area contributed by atoms with Crippen LogP contribution in [0, 0.1) is 6.92 Å². The third kappa shape index (κ3) is 2.04. The molecular weight excluding hydrogens is 272 g/mol. The van der Waals surface area contributed by atoms with E-state index in [0.29, 0.717) is 10.6 Å². The van der Waals surface area contributed by atoms with Crippen molar-refractivity contribution >= 4 is 28.3 Å². The van der Waals surface area contributed by atoms with Crippen LogP contribution < -0.4 is 0 Å². The van der Waals surface area contributed by atoms with Gasteiger partial charge in [-0.3, -0.25) is 4.79 Å². The predicted octanol–water partition coefficient (Wildman–Crippen LogP) is 3.95. The predicted molar refractivity (Wildman–Crippen MR) is 78.4 cm³/mol. The molecular formula is C15H14N2O2S. The Morgan fingerprint density at radius 1 is 1.35 bits per heavy atom. The van der Waals surface area contributed by atoms with Crippen LogP contribution in [0.4, 0.5) is 0 Å². The SMILES string of the molecule is Cc1cccc2cc(C(=O)c3snnc3C(C)C)oc12. The van der Waals surface area contributed by atoms with Gasteiger partial charge in [-0.1, -0.05) is 36.5 Å². The average molecular weight is 286 g/mol. The number of carbonyl (C=O) groups is 1. The topological polar surface area (TPSA) is 56.0 Å². The Balaban J connectivity index is 2.08. The summed E-state index contributed by atoms with van der Waals surface area (Å²) in [5.74, 6) is 0.375. The second-order valence-corrected chi connectivity index (χ2v) is 5.83. The number of hydrogen-bond acceptors (Lipinski definition) is 5. The maximum absolute atomic E-state index is 12.6. The monoisotopic (exact) mass is 286 g/mol. The molecule has 0 saturated carbocycles. The zero-order valence-electron chi connectivity index (χ0n) is 11.5. The van der Waals surface area contributed by atoms with Crippen LogP contribution in [0.5, 0.6) is 0 Å². The smallest absolute Gasteiger partial charge is 0.241 e. The summed E-state index contributed by atoms with van der Waals surface area (Å²) < 4.78 is 9.61. The van der Waals surface area contributed by atoms with Crippen LogP contribution in [0.15, 0.2) is 28.7 Å². The van der Waals surface area contributed by atoms with Crippen LogP contribution in [0.2, 0.25) is 0 Å². The standard InChI is InChI=1S/C15H14N2O2S/c1-8(2)12-15(20-17-16-12)13(18)11-7-10-6-4-5-9(3)14(10)19-11/h4-8H,1-3H3. The summed E-state index contributed by atoms with van der Waals surface area (Å²) in [6.45, 7) is 5.96. The number of rotatable bonds is 3. The zero-order chi connectivity index (χ0) is 14.3. The van der Waals surface area contributed by atoms with E-state index in [4.69, 9.17) is 4.42 Å². The number of aryl methyl sites for hydroxylation is 1. The van der Waals surface area contributed by atoms with Crippen molar-refractivity contribution in [3.63, 3.8) is 0 Å². The molecule has 1 aromatic carbocycles. The lowest BCUT2D eigenvalue weighted by molar-refractivity contribution is 0.101. The Kier molecular flexibility index (Phi) is 3.14. The first kappa shape index (κ1) is 13.0. The summed E-state index contributed by atoms with van der Waals surface area (Å²) in [5, 5.41) is 4.98. The molecule has 0 radical (unpaired) electrons. The fourth-order valence-electron chi connectivity index (χ4n) is 2.17. The molecule has 0 amide bonds. The highest BCUT2D eigenvalue weighted by Gasteiger charge is 2.23. The Hall–Kier alpha value is -2.01. The van der Waals surface area contributed by atoms with Crippen molar-refractivity contribution < 1.29 is 9.21 Å². The maximum Gasteiger partial charge on any atom is 0.241 e. The van der Waals surface area contributed by atoms with Crippen LogP contribution in [-0.2, 0) is 0 Å². The fraction of sp³-hybridized carbons (Fsp3) is 0.267. The van der Waals surface area contributed by atoms with Gasteiger partial charge in [-0.15, -0.1) is 5.10 Å². The van der Waals surface area contributed by atoms with Gasteiger partial charge in [0.05, 0.1) is 5.69 Å². The normalized spacial score (nSPS) is 11.4. The molecule has 3 aromatic rings. The molecule has 0 saturated heterocycles. The van der Waals surface area contributed by atoms with Crippen LogP contribution in [0.1, 0.15) is 46.5 Å². The van der Waals surface area contributed by atoms with E-state index < -0.39 is 0 Å². The largest absolute Gasteiger partial charge is 0.452 e. The van der Waals surface area contributed by atoms with Gasteiger partial charge in [0.2, 0.25) is 5.78 Å². The lowest BCUT2D eigenvalue weighted by Gasteiger charge is -2.01. The highest BCUT2D eigenvalue weighted by atomic mass is 32.1. The Morgan fingerprint density at radius 3 is 2.85 bits per heavy atom. The number of carbonyl (C=O) groups excluding carboxylic acids is 1. The minimum atomic E-state index is -0.140. The third-order valence-corrected chi connectivity index (χ3v) is 3.97. The van der Waals surface area contributed by atoms with Gasteiger partial charge in [-0.25, -0.2) is 0 Å². The van der Waals surface area contributed by atoms with Crippen LogP contribution in [0.25, 0.3) is 11.0 Å². The van der Waals surface area contributed by atoms with E-state index in [2.05, 4.69) is 9.59 Å². The van der Waals surface area contributed by atoms with Gasteiger partial charge in [0, 0.05) is 5.39 Å². The molecule has 2 heterocycles. The van der Waals surface area contributed by atoms with Crippen LogP contribution in [-0.4, -0.2) is 15.4 Å². The molecule has 0 bridgehead atoms. The van der Waals surface area contributed by atoms with E-state index in [1.807, 2.05) is 39.0 Å². The summed E-state index contributed by atoms with van der Waals surface area (Å²) in [5.41, 5.74) is 2.52. The Labute approximate surface area is 120 Å². The first-order valence-electron chi connectivity index (χ1n) is 6.44. The number of ketones is 1. The molecule has 0 N–H and O–H groups in total. The molecule has 0 atom stereocenters. The molecule has 0 spiro atoms. The first-order valence-corrected chi connectivity index (χ1v) is 7.21. The zero-order valence-corrected chi connectivity index (χ0v) is 12.3. The molecule has 2 aromatic heterocycles. The fourth-order valence-corrected chi connectivity index (χ4v) is 2.93. The van der Waals surface area contributed by atoms with E-state index in [9.17, 15) is 4.79 Å². The average Bonchev–Trinajstić information content (AvgIpc) is 3.05. The highest BCUT2D eigenvalue weighted by Crippen LogP contribution is 2.27. The number of furan rings is 1. The quantitative estimate of drug-likeness (QED) is 0.684. The van der Waals surface area contributed by atoms with E-state index in [1.165, 1.54) is 0 Å². The summed E-state index contributed by atoms with van der Waals surface area (Å²) in [7, 11) is 0. The summed E-state index contributed by atoms with van der Waals surface area (Å²) in [4.78, 5) is 13.1. The van der Waals surface area contributed by atoms with Gasteiger partial charge in [0.1, 0.15) is 10.5 Å². The van der Waals surface area contributed by atoms with E-state index in [-0.39, 0.29) is 11.7 Å². The number of hydrogen-bond donors (Lipinski definition) is 0. The van der Waals surface area contributed by atoms with Crippen molar-refractivity contribution in [3.05, 3.63) is 46.2 Å². The van der Waals surface area contributed by atoms with E-state index in [0.717, 1.165) is 33.8 Å². The van der Waals surface area contributed by atoms with Crippen molar-refractivity contribution in [3.8, 4) is 0 Å². The minimum absolute atomic E-state index is 0.140. The van der Waals surface area contributed by atoms with Gasteiger partial charge in [0.15, 0.2) is 5.76 Å². The highest BCUT2D eigenvalue weighted by molar-refractivity contribution is 7.08. The summed E-state index contributed by atoms with van der Waals surface area (Å²) >= 11 is 1.12. The maximum atomic E-state index is 12.6. The second-order valence-electron chi connectivity index (χ2n) is 5.08. The molecule has 4 nitrogen and oxygen atoms in total. The minimum Gasteiger partial charge on any atom is -0.452 e. The van der Waals surface area contributed by atoms with Gasteiger partial charge < -0.3 is 4.42 Å². The van der Waals surface area contributed by atoms with Gasteiger partial charge >= 0.3 is 0 Å². The van der Waals surface area contributed by atoms with Crippen molar-refractivity contribution in [2.45, 2.75) is 26.7 Å². The number of fused-ring (bicyclic) bond motifs is 1. The summed E-state index contributed by atoms with van der Waals surface area (Å²) in [6.07, 6.45) is 0. The first-order chi connectivity index (χ1) is 9.58. The lowest BCUT2D eigenvalue weighted by atomic mass is 10.1. The molecule has 3 rings (SSSR count). The molecule has 20 heavy (non-hydrogen) atoms. The van der Waals surface area contributed by atoms with Gasteiger partial charge in [-0.2, -0.15) is 0 Å². The van der Waals surface area contributed by atoms with Crippen molar-refractivity contribution in [1.29, 1.82) is 0 Å². The second kappa shape index (κ2) is 4.83. The number of para-hydroxylation sites is 1. The van der Waals surface area contributed by atoms with Gasteiger partial charge in [0.25, 0.3) is 0 Å². The Morgan fingerprint density at radius 2 is 2.15 bits per heavy atom. The molecule has 0 fully saturated rings. The van der Waals surface area contributed by atoms with Gasteiger partial charge in [-0.05, 0) is 36.0 Å². The Bertz CT molecular complexity index is 786. The van der Waals surface area contributed by atoms with Crippen molar-refractivity contribution in [1.82, 2.24) is 9.59 Å². The van der Waals surface area contributed by atoms with Crippen LogP contribution >= 0.6 is 11.5 Å². The van der Waals surface area contributed by atoms with Crippen molar-refractivity contribution in [2.24, 2.45) is 0 Å². The number of nitrogens with zero attached hydrogens (tertiary/aromatic N) is 2. The molecule has 0 aliphatic heterocycles. The molecule has 0 aliphatic carbocycles. The third-order valence-electron chi connectivity index (χ3n) is 3.23. The number of benzene rings is 1. The van der Waals surface area contributed by atoms with E-state index in [1.54, 1.807) is 6.07 Å².